The van der Waals surface area contributed by atoms with Crippen molar-refractivity contribution in [3.8, 4) is 0 Å². The molecule has 3 saturated carbocycles. The van der Waals surface area contributed by atoms with Crippen LogP contribution in [0.2, 0.25) is 0 Å². The Kier molecular flexibility index (Phi) is 5.37. The molecule has 2 unspecified atom stereocenters. The molecule has 0 bridgehead atoms. The molecule has 3 fully saturated rings. The third-order valence-electron chi connectivity index (χ3n) is 8.51. The van der Waals surface area contributed by atoms with E-state index in [1.807, 2.05) is 36.5 Å². The van der Waals surface area contributed by atoms with Crippen LogP contribution in [-0.2, 0) is 4.79 Å². The molecule has 0 aromatic carbocycles. The number of ketones is 1. The lowest BCUT2D eigenvalue weighted by Gasteiger charge is -2.61. The van der Waals surface area contributed by atoms with E-state index in [1.54, 1.807) is 12.2 Å². The van der Waals surface area contributed by atoms with Gasteiger partial charge in [-0.1, -0.05) is 25.5 Å². The topological polar surface area (TPSA) is 37.3 Å². The van der Waals surface area contributed by atoms with Crippen LogP contribution in [0.25, 0.3) is 0 Å². The highest BCUT2D eigenvalue weighted by Gasteiger charge is 2.69. The van der Waals surface area contributed by atoms with Crippen LogP contribution in [0.5, 0.6) is 0 Å². The number of aliphatic hydroxyl groups excluding tert-OH is 1. The molecule has 2 nitrogen and oxygen atoms in total. The SMILES string of the molecule is CCSC1(SCCO)CC[C@H]2[C@@H]3CCC4=CC(=O)C=C[C@]4(C)C3(F)CC[C@@]21C. The monoisotopic (exact) mass is 424 g/mol. The molecule has 28 heavy (non-hydrogen) atoms. The zero-order valence-corrected chi connectivity index (χ0v) is 18.9. The lowest BCUT2D eigenvalue weighted by atomic mass is 9.47. The average Bonchev–Trinajstić information content (AvgIpc) is 2.95. The highest BCUT2D eigenvalue weighted by Crippen LogP contribution is 2.73. The summed E-state index contributed by atoms with van der Waals surface area (Å²) in [6, 6.07) is 0. The van der Waals surface area contributed by atoms with Gasteiger partial charge >= 0.3 is 0 Å². The Labute approximate surface area is 177 Å². The van der Waals surface area contributed by atoms with Crippen molar-refractivity contribution >= 4 is 29.3 Å². The zero-order chi connectivity index (χ0) is 20.2. The van der Waals surface area contributed by atoms with Gasteiger partial charge in [0.05, 0.1) is 10.7 Å². The number of rotatable bonds is 5. The normalized spacial score (nSPS) is 47.3. The van der Waals surface area contributed by atoms with E-state index < -0.39 is 11.1 Å². The van der Waals surface area contributed by atoms with E-state index in [1.165, 1.54) is 0 Å². The fourth-order valence-corrected chi connectivity index (χ4v) is 10.5. The van der Waals surface area contributed by atoms with Crippen molar-refractivity contribution in [2.45, 2.75) is 69.0 Å². The van der Waals surface area contributed by atoms with Crippen LogP contribution in [-0.4, -0.2) is 38.8 Å². The highest BCUT2D eigenvalue weighted by atomic mass is 32.2. The summed E-state index contributed by atoms with van der Waals surface area (Å²) in [6.07, 6.45) is 10.5. The van der Waals surface area contributed by atoms with E-state index in [2.05, 4.69) is 13.8 Å². The molecular formula is C23H33FO2S2. The first-order chi connectivity index (χ1) is 13.3. The largest absolute Gasteiger partial charge is 0.396 e. The number of carbonyl (C=O) groups is 1. The van der Waals surface area contributed by atoms with E-state index in [4.69, 9.17) is 0 Å². The fourth-order valence-electron chi connectivity index (χ4n) is 7.01. The zero-order valence-electron chi connectivity index (χ0n) is 17.3. The van der Waals surface area contributed by atoms with Gasteiger partial charge in [0.2, 0.25) is 0 Å². The maximum Gasteiger partial charge on any atom is 0.178 e. The molecule has 0 amide bonds. The van der Waals surface area contributed by atoms with E-state index in [0.29, 0.717) is 12.3 Å². The molecule has 1 N–H and O–H groups in total. The van der Waals surface area contributed by atoms with Crippen LogP contribution in [0.4, 0.5) is 4.39 Å². The predicted octanol–water partition coefficient (Wildman–Crippen LogP) is 5.56. The summed E-state index contributed by atoms with van der Waals surface area (Å²) in [5.74, 6) is 2.26. The number of aliphatic hydroxyl groups is 1. The summed E-state index contributed by atoms with van der Waals surface area (Å²) in [5, 5.41) is 9.47. The van der Waals surface area contributed by atoms with Crippen LogP contribution in [0.3, 0.4) is 0 Å². The summed E-state index contributed by atoms with van der Waals surface area (Å²) in [6.45, 7) is 6.86. The predicted molar refractivity (Wildman–Crippen MR) is 117 cm³/mol. The van der Waals surface area contributed by atoms with Crippen molar-refractivity contribution in [3.63, 3.8) is 0 Å². The molecule has 0 heterocycles. The molecule has 4 rings (SSSR count). The average molecular weight is 425 g/mol. The summed E-state index contributed by atoms with van der Waals surface area (Å²) < 4.78 is 17.0. The van der Waals surface area contributed by atoms with Gasteiger partial charge in [-0.05, 0) is 80.6 Å². The lowest BCUT2D eigenvalue weighted by Crippen LogP contribution is -2.61. The van der Waals surface area contributed by atoms with Crippen LogP contribution < -0.4 is 0 Å². The Morgan fingerprint density at radius 3 is 2.68 bits per heavy atom. The number of halogens is 1. The second-order valence-corrected chi connectivity index (χ2v) is 12.7. The van der Waals surface area contributed by atoms with Gasteiger partial charge in [0.1, 0.15) is 5.67 Å². The van der Waals surface area contributed by atoms with Crippen LogP contribution in [0.1, 0.15) is 59.3 Å². The Hall–Kier alpha value is -0.260. The van der Waals surface area contributed by atoms with Gasteiger partial charge in [-0.25, -0.2) is 4.39 Å². The van der Waals surface area contributed by atoms with E-state index in [9.17, 15) is 9.90 Å². The molecule has 4 aliphatic rings. The van der Waals surface area contributed by atoms with Gasteiger partial charge in [-0.2, -0.15) is 0 Å². The van der Waals surface area contributed by atoms with Gasteiger partial charge in [0.25, 0.3) is 0 Å². The number of thioether (sulfide) groups is 2. The molecule has 156 valence electrons. The summed E-state index contributed by atoms with van der Waals surface area (Å²) in [5.41, 5.74) is -0.789. The summed E-state index contributed by atoms with van der Waals surface area (Å²) >= 11 is 3.95. The molecule has 0 aromatic heterocycles. The minimum absolute atomic E-state index is 0.00908. The number of carbonyl (C=O) groups excluding carboxylic acids is 1. The molecule has 0 aliphatic heterocycles. The van der Waals surface area contributed by atoms with Crippen LogP contribution in [0.15, 0.2) is 23.8 Å². The van der Waals surface area contributed by atoms with Crippen LogP contribution in [0, 0.1) is 22.7 Å². The quantitative estimate of drug-likeness (QED) is 0.586. The number of hydrogen-bond donors (Lipinski definition) is 1. The van der Waals surface area contributed by atoms with Crippen molar-refractivity contribution in [2.75, 3.05) is 18.1 Å². The number of allylic oxidation sites excluding steroid dienone is 4. The minimum atomic E-state index is -1.26. The molecule has 4 aliphatic carbocycles. The molecule has 0 aromatic rings. The standard InChI is InChI=1S/C23H33FO2S2/c1-4-27-23(28-14-13-25)10-8-18-19-6-5-16-15-17(26)7-9-20(16,2)22(19,24)12-11-21(18,23)3/h7,9,15,18-19,25H,4-6,8,10-14H2,1-3H3/t18-,19-,20-,21-,22?,23?/m0/s1. The Bertz CT molecular complexity index is 721. The Morgan fingerprint density at radius 2 is 1.96 bits per heavy atom. The second-order valence-electron chi connectivity index (χ2n) is 9.44. The van der Waals surface area contributed by atoms with Gasteiger partial charge in [0.15, 0.2) is 5.78 Å². The smallest absolute Gasteiger partial charge is 0.178 e. The first kappa shape index (κ1) is 21.0. The van der Waals surface area contributed by atoms with Crippen molar-refractivity contribution in [1.29, 1.82) is 0 Å². The molecule has 0 spiro atoms. The number of alkyl halides is 1. The van der Waals surface area contributed by atoms with Crippen LogP contribution >= 0.6 is 23.5 Å². The summed E-state index contributed by atoms with van der Waals surface area (Å²) in [7, 11) is 0. The van der Waals surface area contributed by atoms with Crippen molar-refractivity contribution in [2.24, 2.45) is 22.7 Å². The third kappa shape index (κ3) is 2.68. The van der Waals surface area contributed by atoms with E-state index in [-0.39, 0.29) is 27.8 Å². The number of fused-ring (bicyclic) bond motifs is 5. The molecule has 0 radical (unpaired) electrons. The molecular weight excluding hydrogens is 391 g/mol. The molecule has 0 saturated heterocycles. The fraction of sp³-hybridized carbons (Fsp3) is 0.783. The first-order valence-electron chi connectivity index (χ1n) is 10.8. The Morgan fingerprint density at radius 1 is 1.18 bits per heavy atom. The van der Waals surface area contributed by atoms with Gasteiger partial charge in [-0.3, -0.25) is 4.79 Å². The molecule has 6 atom stereocenters. The first-order valence-corrected chi connectivity index (χ1v) is 12.8. The van der Waals surface area contributed by atoms with Gasteiger partial charge in [-0.15, -0.1) is 23.5 Å². The van der Waals surface area contributed by atoms with Crippen molar-refractivity contribution in [1.82, 2.24) is 0 Å². The maximum absolute atomic E-state index is 16.9. The van der Waals surface area contributed by atoms with Gasteiger partial charge < -0.3 is 5.11 Å². The minimum Gasteiger partial charge on any atom is -0.396 e. The van der Waals surface area contributed by atoms with Crippen molar-refractivity contribution in [3.05, 3.63) is 23.8 Å². The lowest BCUT2D eigenvalue weighted by molar-refractivity contribution is -0.121. The highest BCUT2D eigenvalue weighted by molar-refractivity contribution is 8.18. The number of hydrogen-bond acceptors (Lipinski definition) is 4. The summed E-state index contributed by atoms with van der Waals surface area (Å²) in [4.78, 5) is 11.9. The second kappa shape index (κ2) is 7.16. The van der Waals surface area contributed by atoms with Crippen molar-refractivity contribution < 1.29 is 14.3 Å². The van der Waals surface area contributed by atoms with E-state index >= 15 is 4.39 Å². The third-order valence-corrected chi connectivity index (χ3v) is 12.2. The maximum atomic E-state index is 16.9. The molecule has 5 heteroatoms. The van der Waals surface area contributed by atoms with E-state index in [0.717, 1.165) is 49.2 Å². The van der Waals surface area contributed by atoms with Gasteiger partial charge in [0, 0.05) is 11.2 Å². The Balaban J connectivity index is 1.70.